The molecule has 3 heterocycles. The number of fused-ring (bicyclic) bond motifs is 1. The molecule has 0 saturated carbocycles. The smallest absolute Gasteiger partial charge is 0.212 e. The first-order chi connectivity index (χ1) is 8.25. The van der Waals surface area contributed by atoms with Crippen LogP contribution in [-0.2, 0) is 0 Å². The SMILES string of the molecule is Cl.NC1CCN(c2ncc(F)c3nncn23)CC1. The van der Waals surface area contributed by atoms with Gasteiger partial charge in [0.2, 0.25) is 11.6 Å². The summed E-state index contributed by atoms with van der Waals surface area (Å²) in [6, 6.07) is 0.253. The molecule has 1 fully saturated rings. The number of rotatable bonds is 1. The standard InChI is InChI=1S/C10H13FN6.ClH/c11-8-5-13-10(17-6-14-15-9(8)17)16-3-1-7(12)2-4-16;/h5-7H,1-4,12H2;1H. The van der Waals surface area contributed by atoms with E-state index >= 15 is 0 Å². The van der Waals surface area contributed by atoms with E-state index in [0.717, 1.165) is 25.9 Å². The van der Waals surface area contributed by atoms with Crippen molar-refractivity contribution in [2.75, 3.05) is 18.0 Å². The summed E-state index contributed by atoms with van der Waals surface area (Å²) in [5, 5.41) is 7.45. The van der Waals surface area contributed by atoms with Gasteiger partial charge >= 0.3 is 0 Å². The molecule has 0 aliphatic carbocycles. The van der Waals surface area contributed by atoms with Crippen molar-refractivity contribution in [1.82, 2.24) is 19.6 Å². The second-order valence-electron chi connectivity index (χ2n) is 4.26. The van der Waals surface area contributed by atoms with Crippen LogP contribution in [0.2, 0.25) is 0 Å². The van der Waals surface area contributed by atoms with E-state index in [4.69, 9.17) is 5.73 Å². The Labute approximate surface area is 109 Å². The van der Waals surface area contributed by atoms with Gasteiger partial charge in [0.1, 0.15) is 6.33 Å². The fourth-order valence-electron chi connectivity index (χ4n) is 2.11. The largest absolute Gasteiger partial charge is 0.342 e. The number of hydrogen-bond acceptors (Lipinski definition) is 5. The third-order valence-electron chi connectivity index (χ3n) is 3.09. The summed E-state index contributed by atoms with van der Waals surface area (Å²) < 4.78 is 15.0. The zero-order chi connectivity index (χ0) is 11.8. The molecule has 6 nitrogen and oxygen atoms in total. The van der Waals surface area contributed by atoms with Crippen molar-refractivity contribution >= 4 is 24.0 Å². The lowest BCUT2D eigenvalue weighted by molar-refractivity contribution is 0.493. The van der Waals surface area contributed by atoms with Gasteiger partial charge in [0.05, 0.1) is 6.20 Å². The zero-order valence-electron chi connectivity index (χ0n) is 9.66. The molecule has 0 aromatic carbocycles. The molecule has 98 valence electrons. The number of nitrogens with two attached hydrogens (primary N) is 1. The van der Waals surface area contributed by atoms with Crippen LogP contribution >= 0.6 is 12.4 Å². The maximum atomic E-state index is 13.4. The van der Waals surface area contributed by atoms with E-state index in [-0.39, 0.29) is 24.1 Å². The van der Waals surface area contributed by atoms with Crippen LogP contribution in [0, 0.1) is 5.82 Å². The minimum atomic E-state index is -0.458. The Bertz CT molecular complexity index is 536. The molecule has 0 unspecified atom stereocenters. The van der Waals surface area contributed by atoms with Crippen LogP contribution in [0.5, 0.6) is 0 Å². The average Bonchev–Trinajstić information content (AvgIpc) is 2.81. The van der Waals surface area contributed by atoms with Gasteiger partial charge in [0, 0.05) is 19.1 Å². The van der Waals surface area contributed by atoms with Crippen LogP contribution in [0.25, 0.3) is 5.65 Å². The highest BCUT2D eigenvalue weighted by molar-refractivity contribution is 5.85. The molecule has 0 radical (unpaired) electrons. The van der Waals surface area contributed by atoms with E-state index in [2.05, 4.69) is 20.1 Å². The van der Waals surface area contributed by atoms with Crippen LogP contribution in [0.4, 0.5) is 10.3 Å². The van der Waals surface area contributed by atoms with Gasteiger partial charge in [-0.3, -0.25) is 0 Å². The highest BCUT2D eigenvalue weighted by Crippen LogP contribution is 2.18. The summed E-state index contributed by atoms with van der Waals surface area (Å²) in [7, 11) is 0. The molecule has 2 aromatic heterocycles. The third kappa shape index (κ3) is 2.11. The topological polar surface area (TPSA) is 72.3 Å². The Balaban J connectivity index is 0.00000120. The quantitative estimate of drug-likeness (QED) is 0.824. The Hall–Kier alpha value is -1.47. The molecule has 0 amide bonds. The predicted octanol–water partition coefficient (Wildman–Crippen LogP) is 0.613. The lowest BCUT2D eigenvalue weighted by atomic mass is 10.1. The minimum Gasteiger partial charge on any atom is -0.342 e. The second-order valence-corrected chi connectivity index (χ2v) is 4.26. The predicted molar refractivity (Wildman–Crippen MR) is 67.4 cm³/mol. The molecular weight excluding hydrogens is 259 g/mol. The second kappa shape index (κ2) is 5.03. The lowest BCUT2D eigenvalue weighted by Gasteiger charge is -2.30. The van der Waals surface area contributed by atoms with Gasteiger partial charge in [0.15, 0.2) is 5.82 Å². The first-order valence-corrected chi connectivity index (χ1v) is 5.60. The van der Waals surface area contributed by atoms with Crippen LogP contribution in [-0.4, -0.2) is 38.7 Å². The van der Waals surface area contributed by atoms with Gasteiger partial charge in [-0.1, -0.05) is 0 Å². The lowest BCUT2D eigenvalue weighted by Crippen LogP contribution is -2.40. The molecule has 0 atom stereocenters. The molecule has 2 N–H and O–H groups in total. The van der Waals surface area contributed by atoms with E-state index in [1.54, 1.807) is 4.40 Å². The van der Waals surface area contributed by atoms with Gasteiger partial charge in [-0.05, 0) is 12.8 Å². The molecule has 3 rings (SSSR count). The van der Waals surface area contributed by atoms with Crippen LogP contribution in [0.3, 0.4) is 0 Å². The first-order valence-electron chi connectivity index (χ1n) is 5.60. The number of halogens is 2. The number of nitrogens with zero attached hydrogens (tertiary/aromatic N) is 5. The van der Waals surface area contributed by atoms with E-state index < -0.39 is 5.82 Å². The van der Waals surface area contributed by atoms with E-state index in [9.17, 15) is 4.39 Å². The highest BCUT2D eigenvalue weighted by Gasteiger charge is 2.20. The van der Waals surface area contributed by atoms with Crippen LogP contribution < -0.4 is 10.6 Å². The van der Waals surface area contributed by atoms with Gasteiger partial charge in [0.25, 0.3) is 0 Å². The molecule has 1 aliphatic heterocycles. The van der Waals surface area contributed by atoms with Crippen molar-refractivity contribution in [1.29, 1.82) is 0 Å². The summed E-state index contributed by atoms with van der Waals surface area (Å²) >= 11 is 0. The van der Waals surface area contributed by atoms with Gasteiger partial charge in [-0.15, -0.1) is 22.6 Å². The molecule has 0 bridgehead atoms. The monoisotopic (exact) mass is 272 g/mol. The molecule has 1 aliphatic rings. The molecule has 0 spiro atoms. The van der Waals surface area contributed by atoms with E-state index in [1.165, 1.54) is 12.5 Å². The Morgan fingerprint density at radius 2 is 2.06 bits per heavy atom. The fraction of sp³-hybridized carbons (Fsp3) is 0.500. The van der Waals surface area contributed by atoms with Gasteiger partial charge in [-0.2, -0.15) is 0 Å². The van der Waals surface area contributed by atoms with E-state index in [0.29, 0.717) is 5.95 Å². The summed E-state index contributed by atoms with van der Waals surface area (Å²) in [4.78, 5) is 6.20. The number of hydrogen-bond donors (Lipinski definition) is 1. The third-order valence-corrected chi connectivity index (χ3v) is 3.09. The Morgan fingerprint density at radius 3 is 2.78 bits per heavy atom. The first kappa shape index (κ1) is 13.0. The van der Waals surface area contributed by atoms with Crippen molar-refractivity contribution in [3.05, 3.63) is 18.3 Å². The van der Waals surface area contributed by atoms with Crippen molar-refractivity contribution in [2.45, 2.75) is 18.9 Å². The molecule has 8 heteroatoms. The van der Waals surface area contributed by atoms with E-state index in [1.807, 2.05) is 0 Å². The van der Waals surface area contributed by atoms with Gasteiger partial charge in [-0.25, -0.2) is 13.8 Å². The van der Waals surface area contributed by atoms with Crippen LogP contribution in [0.1, 0.15) is 12.8 Å². The minimum absolute atomic E-state index is 0. The number of aromatic nitrogens is 4. The van der Waals surface area contributed by atoms with Crippen molar-refractivity contribution in [3.63, 3.8) is 0 Å². The number of anilines is 1. The molecular formula is C10H14ClFN6. The summed E-state index contributed by atoms with van der Waals surface area (Å²) in [6.07, 6.45) is 4.51. The Morgan fingerprint density at radius 1 is 1.33 bits per heavy atom. The summed E-state index contributed by atoms with van der Waals surface area (Å²) in [5.41, 5.74) is 6.07. The van der Waals surface area contributed by atoms with Gasteiger partial charge < -0.3 is 10.6 Å². The maximum Gasteiger partial charge on any atom is 0.212 e. The van der Waals surface area contributed by atoms with Crippen molar-refractivity contribution in [2.24, 2.45) is 5.73 Å². The highest BCUT2D eigenvalue weighted by atomic mass is 35.5. The molecule has 2 aromatic rings. The maximum absolute atomic E-state index is 13.4. The molecule has 1 saturated heterocycles. The van der Waals surface area contributed by atoms with Crippen molar-refractivity contribution in [3.8, 4) is 0 Å². The average molecular weight is 273 g/mol. The summed E-state index contributed by atoms with van der Waals surface area (Å²) in [5.74, 6) is 0.221. The summed E-state index contributed by atoms with van der Waals surface area (Å²) in [6.45, 7) is 1.65. The van der Waals surface area contributed by atoms with Crippen molar-refractivity contribution < 1.29 is 4.39 Å². The Kier molecular flexibility index (Phi) is 3.63. The van der Waals surface area contributed by atoms with Crippen LogP contribution in [0.15, 0.2) is 12.5 Å². The zero-order valence-corrected chi connectivity index (χ0v) is 10.5. The normalized spacial score (nSPS) is 16.9. The molecule has 18 heavy (non-hydrogen) atoms. The number of piperidine rings is 1. The fourth-order valence-corrected chi connectivity index (χ4v) is 2.11.